The first-order valence-corrected chi connectivity index (χ1v) is 13.8. The van der Waals surface area contributed by atoms with E-state index >= 15 is 0 Å². The molecule has 7 nitrogen and oxygen atoms in total. The van der Waals surface area contributed by atoms with Gasteiger partial charge < -0.3 is 10.2 Å². The van der Waals surface area contributed by atoms with E-state index in [-0.39, 0.29) is 27.3 Å². The molecule has 0 saturated carbocycles. The molecule has 0 aliphatic rings. The highest BCUT2D eigenvalue weighted by molar-refractivity contribution is 7.92. The van der Waals surface area contributed by atoms with Crippen LogP contribution in [0.1, 0.15) is 33.3 Å². The lowest BCUT2D eigenvalue weighted by Crippen LogP contribution is -2.54. The van der Waals surface area contributed by atoms with Gasteiger partial charge in [-0.3, -0.25) is 13.9 Å². The summed E-state index contributed by atoms with van der Waals surface area (Å²) >= 11 is 24.2. The van der Waals surface area contributed by atoms with Gasteiger partial charge in [0, 0.05) is 12.1 Å². The van der Waals surface area contributed by atoms with Gasteiger partial charge in [0.05, 0.1) is 32.0 Å². The fraction of sp³-hybridized carbons (Fsp3) is 0.391. The minimum absolute atomic E-state index is 0.00652. The molecule has 0 aromatic heterocycles. The topological polar surface area (TPSA) is 86.8 Å². The molecule has 2 aromatic carbocycles. The number of amides is 2. The van der Waals surface area contributed by atoms with E-state index in [9.17, 15) is 18.0 Å². The number of halogens is 4. The van der Waals surface area contributed by atoms with Gasteiger partial charge in [0.2, 0.25) is 21.8 Å². The molecule has 2 amide bonds. The van der Waals surface area contributed by atoms with Gasteiger partial charge in [0.25, 0.3) is 0 Å². The highest BCUT2D eigenvalue weighted by atomic mass is 35.5. The summed E-state index contributed by atoms with van der Waals surface area (Å²) in [5, 5.41) is 3.85. The van der Waals surface area contributed by atoms with Gasteiger partial charge in [0.1, 0.15) is 12.6 Å². The van der Waals surface area contributed by atoms with Gasteiger partial charge in [-0.05, 0) is 63.6 Å². The van der Waals surface area contributed by atoms with E-state index in [0.717, 1.165) is 10.6 Å². The third-order valence-corrected chi connectivity index (χ3v) is 7.49. The molecule has 0 heterocycles. The van der Waals surface area contributed by atoms with Gasteiger partial charge in [-0.25, -0.2) is 8.42 Å². The second-order valence-electron chi connectivity index (χ2n) is 9.05. The van der Waals surface area contributed by atoms with Gasteiger partial charge in [-0.1, -0.05) is 52.5 Å². The first-order valence-electron chi connectivity index (χ1n) is 10.5. The summed E-state index contributed by atoms with van der Waals surface area (Å²) in [6, 6.07) is 8.17. The maximum Gasteiger partial charge on any atom is 0.244 e. The maximum atomic E-state index is 13.5. The number of nitrogens with zero attached hydrogens (tertiary/aromatic N) is 2. The van der Waals surface area contributed by atoms with Crippen LogP contribution in [0.3, 0.4) is 0 Å². The fourth-order valence-electron chi connectivity index (χ4n) is 3.15. The summed E-state index contributed by atoms with van der Waals surface area (Å²) in [6.07, 6.45) is 0.974. The molecule has 0 fully saturated rings. The standard InChI is InChI=1S/C23H27Cl4N3O4S/c1-14(22(32)28-23(2,3)4)29(12-15-6-8-17(24)19(26)10-15)21(31)13-30(35(5,33)34)16-7-9-18(25)20(27)11-16/h6-11,14H,12-13H2,1-5H3,(H,28,32)/t14-/m0/s1. The molecule has 2 rings (SSSR count). The maximum absolute atomic E-state index is 13.5. The molecule has 2 aromatic rings. The normalized spacial score (nSPS) is 12.7. The van der Waals surface area contributed by atoms with E-state index in [1.165, 1.54) is 23.1 Å². The molecule has 1 atom stereocenters. The number of anilines is 1. The molecule has 0 unspecified atom stereocenters. The molecule has 0 bridgehead atoms. The molecule has 192 valence electrons. The van der Waals surface area contributed by atoms with Crippen molar-refractivity contribution in [2.45, 2.75) is 45.8 Å². The molecule has 0 aliphatic carbocycles. The molecule has 0 spiro atoms. The van der Waals surface area contributed by atoms with Crippen LogP contribution >= 0.6 is 46.4 Å². The molecule has 35 heavy (non-hydrogen) atoms. The Hall–Kier alpha value is -1.71. The predicted molar refractivity (Wildman–Crippen MR) is 143 cm³/mol. The number of sulfonamides is 1. The molecule has 12 heteroatoms. The van der Waals surface area contributed by atoms with Crippen molar-refractivity contribution in [1.82, 2.24) is 10.2 Å². The molecular formula is C23H27Cl4N3O4S. The van der Waals surface area contributed by atoms with Gasteiger partial charge in [-0.2, -0.15) is 0 Å². The Morgan fingerprint density at radius 2 is 1.49 bits per heavy atom. The Balaban J connectivity index is 2.45. The van der Waals surface area contributed by atoms with Crippen LogP contribution in [0.15, 0.2) is 36.4 Å². The fourth-order valence-corrected chi connectivity index (χ4v) is 4.60. The predicted octanol–water partition coefficient (Wildman–Crippen LogP) is 5.40. The van der Waals surface area contributed by atoms with Gasteiger partial charge in [0.15, 0.2) is 0 Å². The van der Waals surface area contributed by atoms with Crippen LogP contribution in [0.5, 0.6) is 0 Å². The first kappa shape index (κ1) is 29.5. The lowest BCUT2D eigenvalue weighted by atomic mass is 10.1. The van der Waals surface area contributed by atoms with Gasteiger partial charge >= 0.3 is 0 Å². The van der Waals surface area contributed by atoms with Crippen molar-refractivity contribution in [3.05, 3.63) is 62.1 Å². The largest absolute Gasteiger partial charge is 0.350 e. The molecule has 1 N–H and O–H groups in total. The minimum atomic E-state index is -3.89. The zero-order valence-electron chi connectivity index (χ0n) is 19.9. The summed E-state index contributed by atoms with van der Waals surface area (Å²) in [7, 11) is -3.89. The van der Waals surface area contributed by atoms with Crippen LogP contribution in [-0.4, -0.2) is 49.5 Å². The highest BCUT2D eigenvalue weighted by Gasteiger charge is 2.31. The second kappa shape index (κ2) is 11.6. The van der Waals surface area contributed by atoms with Crippen molar-refractivity contribution in [2.75, 3.05) is 17.1 Å². The number of carbonyl (C=O) groups excluding carboxylic acids is 2. The number of nitrogens with one attached hydrogen (secondary N) is 1. The van der Waals surface area contributed by atoms with E-state index in [2.05, 4.69) is 5.32 Å². The summed E-state index contributed by atoms with van der Waals surface area (Å²) in [5.41, 5.74) is 0.239. The van der Waals surface area contributed by atoms with E-state index < -0.39 is 40.0 Å². The Morgan fingerprint density at radius 3 is 1.97 bits per heavy atom. The minimum Gasteiger partial charge on any atom is -0.350 e. The summed E-state index contributed by atoms with van der Waals surface area (Å²) in [5.74, 6) is -1.00. The zero-order chi connectivity index (χ0) is 26.7. The van der Waals surface area contributed by atoms with Crippen LogP contribution in [0.2, 0.25) is 20.1 Å². The van der Waals surface area contributed by atoms with Crippen molar-refractivity contribution in [2.24, 2.45) is 0 Å². The Morgan fingerprint density at radius 1 is 0.943 bits per heavy atom. The van der Waals surface area contributed by atoms with Gasteiger partial charge in [-0.15, -0.1) is 0 Å². The second-order valence-corrected chi connectivity index (χ2v) is 12.6. The Kier molecular flexibility index (Phi) is 9.75. The average molecular weight is 583 g/mol. The van der Waals surface area contributed by atoms with E-state index in [1.54, 1.807) is 25.1 Å². The van der Waals surface area contributed by atoms with Crippen LogP contribution in [0.25, 0.3) is 0 Å². The molecule has 0 aliphatic heterocycles. The van der Waals surface area contributed by atoms with Crippen LogP contribution < -0.4 is 9.62 Å². The third-order valence-electron chi connectivity index (χ3n) is 4.87. The van der Waals surface area contributed by atoms with Crippen molar-refractivity contribution in [3.63, 3.8) is 0 Å². The molecular weight excluding hydrogens is 556 g/mol. The van der Waals surface area contributed by atoms with Crippen molar-refractivity contribution < 1.29 is 18.0 Å². The number of rotatable bonds is 8. The van der Waals surface area contributed by atoms with E-state index in [1.807, 2.05) is 20.8 Å². The van der Waals surface area contributed by atoms with Crippen LogP contribution in [-0.2, 0) is 26.2 Å². The lowest BCUT2D eigenvalue weighted by Gasteiger charge is -2.33. The lowest BCUT2D eigenvalue weighted by molar-refractivity contribution is -0.140. The Bertz CT molecular complexity index is 1220. The first-order chi connectivity index (χ1) is 16.0. The summed E-state index contributed by atoms with van der Waals surface area (Å²) in [4.78, 5) is 27.7. The summed E-state index contributed by atoms with van der Waals surface area (Å²) in [6.45, 7) is 6.45. The van der Waals surface area contributed by atoms with E-state index in [0.29, 0.717) is 10.6 Å². The van der Waals surface area contributed by atoms with Crippen molar-refractivity contribution in [1.29, 1.82) is 0 Å². The summed E-state index contributed by atoms with van der Waals surface area (Å²) < 4.78 is 26.1. The van der Waals surface area contributed by atoms with Crippen LogP contribution in [0, 0.1) is 0 Å². The molecule has 0 radical (unpaired) electrons. The van der Waals surface area contributed by atoms with Crippen LogP contribution in [0.4, 0.5) is 5.69 Å². The number of hydrogen-bond donors (Lipinski definition) is 1. The zero-order valence-corrected chi connectivity index (χ0v) is 23.7. The SMILES string of the molecule is C[C@@H](C(=O)NC(C)(C)C)N(Cc1ccc(Cl)c(Cl)c1)C(=O)CN(c1ccc(Cl)c(Cl)c1)S(C)(=O)=O. The Labute approximate surface area is 226 Å². The highest BCUT2D eigenvalue weighted by Crippen LogP contribution is 2.29. The third kappa shape index (κ3) is 8.43. The quantitative estimate of drug-likeness (QED) is 0.451. The van der Waals surface area contributed by atoms with E-state index in [4.69, 9.17) is 46.4 Å². The smallest absolute Gasteiger partial charge is 0.244 e. The number of benzene rings is 2. The average Bonchev–Trinajstić information content (AvgIpc) is 2.72. The van der Waals surface area contributed by atoms with Crippen molar-refractivity contribution >= 4 is 73.9 Å². The number of hydrogen-bond acceptors (Lipinski definition) is 4. The van der Waals surface area contributed by atoms with Crippen molar-refractivity contribution in [3.8, 4) is 0 Å². The molecule has 0 saturated heterocycles. The monoisotopic (exact) mass is 581 g/mol. The number of carbonyl (C=O) groups is 2.